The second-order valence-corrected chi connectivity index (χ2v) is 8.23. The standard InChI is InChI=1S/C16H15ClN4O2S/c1-10-2-3-15(14(17)6-10)24(22,23)21-5-4-12-11(9-21)7-18-16-13(12)8-19-20-16/h2-3,6-8H,4-5,9H2,1H3,(H,18,19,20). The highest BCUT2D eigenvalue weighted by Crippen LogP contribution is 2.31. The number of halogens is 1. The van der Waals surface area contributed by atoms with Crippen LogP contribution in [0.1, 0.15) is 16.7 Å². The predicted molar refractivity (Wildman–Crippen MR) is 91.4 cm³/mol. The lowest BCUT2D eigenvalue weighted by Gasteiger charge is -2.28. The third-order valence-corrected chi connectivity index (χ3v) is 6.67. The lowest BCUT2D eigenvalue weighted by Crippen LogP contribution is -2.36. The van der Waals surface area contributed by atoms with Gasteiger partial charge in [0.15, 0.2) is 5.65 Å². The summed E-state index contributed by atoms with van der Waals surface area (Å²) in [6.45, 7) is 2.57. The molecular formula is C16H15ClN4O2S. The van der Waals surface area contributed by atoms with Crippen molar-refractivity contribution in [3.63, 3.8) is 0 Å². The molecule has 0 unspecified atom stereocenters. The minimum Gasteiger partial charge on any atom is -0.261 e. The van der Waals surface area contributed by atoms with Crippen LogP contribution in [0, 0.1) is 6.92 Å². The van der Waals surface area contributed by atoms with Gasteiger partial charge < -0.3 is 0 Å². The first-order valence-corrected chi connectivity index (χ1v) is 9.35. The maximum atomic E-state index is 12.9. The number of H-pyrrole nitrogens is 1. The lowest BCUT2D eigenvalue weighted by atomic mass is 10.0. The second kappa shape index (κ2) is 5.54. The van der Waals surface area contributed by atoms with Crippen molar-refractivity contribution < 1.29 is 8.42 Å². The first-order valence-electron chi connectivity index (χ1n) is 7.53. The maximum Gasteiger partial charge on any atom is 0.244 e. The topological polar surface area (TPSA) is 79.0 Å². The van der Waals surface area contributed by atoms with E-state index in [2.05, 4.69) is 15.2 Å². The van der Waals surface area contributed by atoms with Crippen LogP contribution < -0.4 is 0 Å². The predicted octanol–water partition coefficient (Wildman–Crippen LogP) is 2.67. The number of fused-ring (bicyclic) bond motifs is 3. The van der Waals surface area contributed by atoms with Gasteiger partial charge in [-0.3, -0.25) is 5.10 Å². The molecule has 8 heteroatoms. The number of aromatic nitrogens is 3. The molecule has 0 saturated heterocycles. The van der Waals surface area contributed by atoms with Crippen LogP contribution >= 0.6 is 11.6 Å². The van der Waals surface area contributed by atoms with Crippen molar-refractivity contribution in [2.75, 3.05) is 6.54 Å². The van der Waals surface area contributed by atoms with E-state index in [0.29, 0.717) is 13.0 Å². The van der Waals surface area contributed by atoms with E-state index < -0.39 is 10.0 Å². The van der Waals surface area contributed by atoms with Crippen LogP contribution in [0.5, 0.6) is 0 Å². The molecule has 6 nitrogen and oxygen atoms in total. The molecule has 1 N–H and O–H groups in total. The van der Waals surface area contributed by atoms with Gasteiger partial charge in [0.2, 0.25) is 10.0 Å². The fourth-order valence-corrected chi connectivity index (χ4v) is 5.08. The van der Waals surface area contributed by atoms with Gasteiger partial charge in [-0.1, -0.05) is 17.7 Å². The number of nitrogens with zero attached hydrogens (tertiary/aromatic N) is 3. The molecule has 0 fully saturated rings. The number of rotatable bonds is 2. The lowest BCUT2D eigenvalue weighted by molar-refractivity contribution is 0.392. The molecule has 0 radical (unpaired) electrons. The number of nitrogens with one attached hydrogen (secondary N) is 1. The molecule has 0 atom stereocenters. The zero-order valence-electron chi connectivity index (χ0n) is 13.0. The van der Waals surface area contributed by atoms with E-state index in [1.807, 2.05) is 6.92 Å². The van der Waals surface area contributed by atoms with Gasteiger partial charge in [-0.05, 0) is 42.2 Å². The largest absolute Gasteiger partial charge is 0.261 e. The van der Waals surface area contributed by atoms with Gasteiger partial charge in [0.05, 0.1) is 11.2 Å². The highest BCUT2D eigenvalue weighted by molar-refractivity contribution is 7.89. The molecule has 0 saturated carbocycles. The highest BCUT2D eigenvalue weighted by atomic mass is 35.5. The Bertz CT molecular complexity index is 1050. The Balaban J connectivity index is 1.73. The number of benzene rings is 1. The number of aryl methyl sites for hydroxylation is 1. The maximum absolute atomic E-state index is 12.9. The molecule has 24 heavy (non-hydrogen) atoms. The molecule has 0 bridgehead atoms. The van der Waals surface area contributed by atoms with E-state index >= 15 is 0 Å². The quantitative estimate of drug-likeness (QED) is 0.760. The molecule has 1 aliphatic heterocycles. The summed E-state index contributed by atoms with van der Waals surface area (Å²) < 4.78 is 27.3. The average molecular weight is 363 g/mol. The molecular weight excluding hydrogens is 348 g/mol. The zero-order chi connectivity index (χ0) is 16.9. The summed E-state index contributed by atoms with van der Waals surface area (Å²) in [7, 11) is -3.64. The number of aromatic amines is 1. The third-order valence-electron chi connectivity index (χ3n) is 4.34. The van der Waals surface area contributed by atoms with Crippen molar-refractivity contribution >= 4 is 32.7 Å². The van der Waals surface area contributed by atoms with Crippen LogP contribution in [-0.4, -0.2) is 34.4 Å². The summed E-state index contributed by atoms with van der Waals surface area (Å²) in [6.07, 6.45) is 4.08. The summed E-state index contributed by atoms with van der Waals surface area (Å²) in [5.41, 5.74) is 3.67. The van der Waals surface area contributed by atoms with Gasteiger partial charge in [0, 0.05) is 24.7 Å². The Morgan fingerprint density at radius 3 is 2.92 bits per heavy atom. The van der Waals surface area contributed by atoms with Gasteiger partial charge >= 0.3 is 0 Å². The number of hydrogen-bond donors (Lipinski definition) is 1. The molecule has 3 heterocycles. The van der Waals surface area contributed by atoms with Crippen LogP contribution in [0.2, 0.25) is 5.02 Å². The van der Waals surface area contributed by atoms with Crippen LogP contribution in [0.15, 0.2) is 35.5 Å². The van der Waals surface area contributed by atoms with Crippen molar-refractivity contribution in [2.24, 2.45) is 0 Å². The van der Waals surface area contributed by atoms with Crippen LogP contribution in [-0.2, 0) is 23.0 Å². The number of sulfonamides is 1. The zero-order valence-corrected chi connectivity index (χ0v) is 14.5. The highest BCUT2D eigenvalue weighted by Gasteiger charge is 2.31. The van der Waals surface area contributed by atoms with Crippen LogP contribution in [0.25, 0.3) is 11.0 Å². The van der Waals surface area contributed by atoms with Crippen LogP contribution in [0.4, 0.5) is 0 Å². The van der Waals surface area contributed by atoms with E-state index in [4.69, 9.17) is 11.6 Å². The Hall–Kier alpha value is -1.96. The minimum atomic E-state index is -3.64. The van der Waals surface area contributed by atoms with Gasteiger partial charge in [-0.15, -0.1) is 0 Å². The summed E-state index contributed by atoms with van der Waals surface area (Å²) in [5.74, 6) is 0. The van der Waals surface area contributed by atoms with Crippen molar-refractivity contribution in [1.82, 2.24) is 19.5 Å². The van der Waals surface area contributed by atoms with Gasteiger partial charge in [0.25, 0.3) is 0 Å². The molecule has 0 aliphatic carbocycles. The summed E-state index contributed by atoms with van der Waals surface area (Å²) in [6, 6.07) is 5.00. The number of hydrogen-bond acceptors (Lipinski definition) is 4. The van der Waals surface area contributed by atoms with Gasteiger partial charge in [0.1, 0.15) is 4.90 Å². The normalized spacial score (nSPS) is 15.6. The SMILES string of the molecule is Cc1ccc(S(=O)(=O)N2CCc3c(cnc4[nH]ncc34)C2)c(Cl)c1. The number of pyridine rings is 1. The molecule has 124 valence electrons. The summed E-state index contributed by atoms with van der Waals surface area (Å²) in [4.78, 5) is 4.46. The van der Waals surface area contributed by atoms with E-state index in [9.17, 15) is 8.42 Å². The molecule has 4 rings (SSSR count). The Kier molecular flexibility index (Phi) is 3.59. The van der Waals surface area contributed by atoms with E-state index in [1.165, 1.54) is 4.31 Å². The molecule has 1 aromatic carbocycles. The molecule has 0 spiro atoms. The first kappa shape index (κ1) is 15.6. The Labute approximate surface area is 144 Å². The van der Waals surface area contributed by atoms with E-state index in [-0.39, 0.29) is 16.5 Å². The van der Waals surface area contributed by atoms with Crippen molar-refractivity contribution in [3.8, 4) is 0 Å². The van der Waals surface area contributed by atoms with Crippen molar-refractivity contribution in [1.29, 1.82) is 0 Å². The third kappa shape index (κ3) is 2.40. The minimum absolute atomic E-state index is 0.149. The average Bonchev–Trinajstić information content (AvgIpc) is 3.03. The summed E-state index contributed by atoms with van der Waals surface area (Å²) in [5, 5.41) is 8.06. The molecule has 0 amide bonds. The second-order valence-electron chi connectivity index (χ2n) is 5.92. The smallest absolute Gasteiger partial charge is 0.244 e. The Morgan fingerprint density at radius 1 is 1.29 bits per heavy atom. The fourth-order valence-electron chi connectivity index (χ4n) is 3.09. The van der Waals surface area contributed by atoms with Crippen molar-refractivity contribution in [3.05, 3.63) is 52.3 Å². The van der Waals surface area contributed by atoms with Crippen molar-refractivity contribution in [2.45, 2.75) is 24.8 Å². The van der Waals surface area contributed by atoms with E-state index in [1.54, 1.807) is 30.6 Å². The Morgan fingerprint density at radius 2 is 2.12 bits per heavy atom. The molecule has 3 aromatic rings. The summed E-state index contributed by atoms with van der Waals surface area (Å²) >= 11 is 6.17. The van der Waals surface area contributed by atoms with E-state index in [0.717, 1.165) is 27.7 Å². The monoisotopic (exact) mass is 362 g/mol. The fraction of sp³-hybridized carbons (Fsp3) is 0.250. The first-order chi connectivity index (χ1) is 11.5. The van der Waals surface area contributed by atoms with Crippen LogP contribution in [0.3, 0.4) is 0 Å². The van der Waals surface area contributed by atoms with Gasteiger partial charge in [-0.25, -0.2) is 13.4 Å². The molecule has 2 aromatic heterocycles. The molecule has 1 aliphatic rings. The van der Waals surface area contributed by atoms with Gasteiger partial charge in [-0.2, -0.15) is 9.40 Å².